The second-order valence-corrected chi connectivity index (χ2v) is 8.29. The van der Waals surface area contributed by atoms with Gasteiger partial charge in [0.25, 0.3) is 0 Å². The van der Waals surface area contributed by atoms with E-state index in [2.05, 4.69) is 20.4 Å². The Kier molecular flexibility index (Phi) is 7.48. The molecule has 3 rings (SSSR count). The smallest absolute Gasteiger partial charge is 0.238 e. The highest BCUT2D eigenvalue weighted by atomic mass is 35.5. The predicted molar refractivity (Wildman–Crippen MR) is 122 cm³/mol. The number of aryl methyl sites for hydroxylation is 2. The van der Waals surface area contributed by atoms with Gasteiger partial charge < -0.3 is 10.6 Å². The van der Waals surface area contributed by atoms with E-state index in [0.29, 0.717) is 18.1 Å². The maximum atomic E-state index is 12.4. The van der Waals surface area contributed by atoms with Crippen LogP contribution in [0.5, 0.6) is 0 Å². The molecule has 2 N–H and O–H groups in total. The highest BCUT2D eigenvalue weighted by Gasteiger charge is 2.21. The number of carbonyl (C=O) groups excluding carboxylic acids is 2. The zero-order valence-electron chi connectivity index (χ0n) is 17.8. The van der Waals surface area contributed by atoms with Crippen molar-refractivity contribution in [2.45, 2.75) is 20.8 Å². The van der Waals surface area contributed by atoms with Gasteiger partial charge in [0.1, 0.15) is 0 Å². The Morgan fingerprint density at radius 2 is 1.40 bits per heavy atom. The average molecular weight is 429 g/mol. The van der Waals surface area contributed by atoms with Crippen LogP contribution >= 0.6 is 11.6 Å². The van der Waals surface area contributed by atoms with Gasteiger partial charge in [-0.05, 0) is 55.7 Å². The standard InChI is InChI=1S/C23H29ClN4O2/c1-16-5-4-6-20(18(16)3)25-22(29)14-27-9-11-28(12-10-27)15-23(30)26-21-13-19(24)8-7-17(21)2/h4-8,13H,9-12,14-15H2,1-3H3,(H,25,29)(H,26,30). The Labute approximate surface area is 183 Å². The summed E-state index contributed by atoms with van der Waals surface area (Å²) in [5, 5.41) is 6.55. The van der Waals surface area contributed by atoms with Gasteiger partial charge in [-0.15, -0.1) is 0 Å². The van der Waals surface area contributed by atoms with Crippen LogP contribution in [0.3, 0.4) is 0 Å². The van der Waals surface area contributed by atoms with E-state index in [0.717, 1.165) is 54.2 Å². The Morgan fingerprint density at radius 3 is 2.00 bits per heavy atom. The molecule has 0 spiro atoms. The molecule has 0 unspecified atom stereocenters. The van der Waals surface area contributed by atoms with Crippen LogP contribution in [-0.2, 0) is 9.59 Å². The number of piperazine rings is 1. The summed E-state index contributed by atoms with van der Waals surface area (Å²) in [7, 11) is 0. The van der Waals surface area contributed by atoms with Gasteiger partial charge in [-0.3, -0.25) is 19.4 Å². The summed E-state index contributed by atoms with van der Waals surface area (Å²) in [6.07, 6.45) is 0. The quantitative estimate of drug-likeness (QED) is 0.739. The maximum absolute atomic E-state index is 12.4. The molecule has 30 heavy (non-hydrogen) atoms. The minimum Gasteiger partial charge on any atom is -0.325 e. The summed E-state index contributed by atoms with van der Waals surface area (Å²) < 4.78 is 0. The van der Waals surface area contributed by atoms with E-state index >= 15 is 0 Å². The maximum Gasteiger partial charge on any atom is 0.238 e. The SMILES string of the molecule is Cc1ccc(Cl)cc1NC(=O)CN1CCN(CC(=O)Nc2cccc(C)c2C)CC1. The second-order valence-electron chi connectivity index (χ2n) is 7.86. The summed E-state index contributed by atoms with van der Waals surface area (Å²) in [5.41, 5.74) is 4.84. The first-order valence-corrected chi connectivity index (χ1v) is 10.6. The van der Waals surface area contributed by atoms with Crippen molar-refractivity contribution in [3.05, 3.63) is 58.1 Å². The molecule has 1 heterocycles. The lowest BCUT2D eigenvalue weighted by Crippen LogP contribution is -2.50. The van der Waals surface area contributed by atoms with Crippen LogP contribution in [0.4, 0.5) is 11.4 Å². The van der Waals surface area contributed by atoms with Crippen molar-refractivity contribution in [3.63, 3.8) is 0 Å². The molecular weight excluding hydrogens is 400 g/mol. The molecule has 1 saturated heterocycles. The molecule has 2 aromatic carbocycles. The van der Waals surface area contributed by atoms with Gasteiger partial charge in [-0.1, -0.05) is 29.8 Å². The lowest BCUT2D eigenvalue weighted by atomic mass is 10.1. The molecule has 0 atom stereocenters. The van der Waals surface area contributed by atoms with Crippen molar-refractivity contribution < 1.29 is 9.59 Å². The minimum absolute atomic E-state index is 0.00803. The molecule has 2 amide bonds. The first-order valence-electron chi connectivity index (χ1n) is 10.2. The molecule has 0 radical (unpaired) electrons. The van der Waals surface area contributed by atoms with E-state index in [1.54, 1.807) is 6.07 Å². The van der Waals surface area contributed by atoms with Crippen LogP contribution in [0.1, 0.15) is 16.7 Å². The number of rotatable bonds is 6. The van der Waals surface area contributed by atoms with E-state index in [-0.39, 0.29) is 11.8 Å². The van der Waals surface area contributed by atoms with E-state index < -0.39 is 0 Å². The molecule has 1 aliphatic heterocycles. The topological polar surface area (TPSA) is 64.7 Å². The molecule has 6 nitrogen and oxygen atoms in total. The summed E-state index contributed by atoms with van der Waals surface area (Å²) >= 11 is 6.02. The van der Waals surface area contributed by atoms with E-state index in [1.807, 2.05) is 51.1 Å². The highest BCUT2D eigenvalue weighted by molar-refractivity contribution is 6.31. The number of carbonyl (C=O) groups is 2. The fourth-order valence-electron chi connectivity index (χ4n) is 3.51. The third-order valence-electron chi connectivity index (χ3n) is 5.55. The second kappa shape index (κ2) is 10.1. The number of halogens is 1. The average Bonchev–Trinajstić information content (AvgIpc) is 2.70. The van der Waals surface area contributed by atoms with Gasteiger partial charge in [-0.25, -0.2) is 0 Å². The zero-order chi connectivity index (χ0) is 21.7. The van der Waals surface area contributed by atoms with Crippen LogP contribution in [0.25, 0.3) is 0 Å². The third-order valence-corrected chi connectivity index (χ3v) is 5.79. The Bertz CT molecular complexity index is 897. The van der Waals surface area contributed by atoms with Gasteiger partial charge in [0.15, 0.2) is 0 Å². The van der Waals surface area contributed by atoms with Crippen molar-refractivity contribution in [1.82, 2.24) is 9.80 Å². The number of nitrogens with one attached hydrogen (secondary N) is 2. The molecule has 0 bridgehead atoms. The molecular formula is C23H29ClN4O2. The molecule has 0 aromatic heterocycles. The lowest BCUT2D eigenvalue weighted by molar-refractivity contribution is -0.120. The zero-order valence-corrected chi connectivity index (χ0v) is 18.6. The molecule has 2 aromatic rings. The van der Waals surface area contributed by atoms with Crippen molar-refractivity contribution in [3.8, 4) is 0 Å². The highest BCUT2D eigenvalue weighted by Crippen LogP contribution is 2.20. The summed E-state index contributed by atoms with van der Waals surface area (Å²) in [6.45, 7) is 9.68. The normalized spacial score (nSPS) is 15.1. The van der Waals surface area contributed by atoms with Crippen molar-refractivity contribution in [2.75, 3.05) is 49.9 Å². The summed E-state index contributed by atoms with van der Waals surface area (Å²) in [4.78, 5) is 29.0. The van der Waals surface area contributed by atoms with Gasteiger partial charge in [0.05, 0.1) is 13.1 Å². The van der Waals surface area contributed by atoms with Crippen molar-refractivity contribution in [2.24, 2.45) is 0 Å². The first kappa shape index (κ1) is 22.3. The van der Waals surface area contributed by atoms with E-state index in [4.69, 9.17) is 11.6 Å². The van der Waals surface area contributed by atoms with Crippen LogP contribution in [0.2, 0.25) is 5.02 Å². The fraction of sp³-hybridized carbons (Fsp3) is 0.391. The van der Waals surface area contributed by atoms with Gasteiger partial charge >= 0.3 is 0 Å². The lowest BCUT2D eigenvalue weighted by Gasteiger charge is -2.33. The first-order chi connectivity index (χ1) is 14.3. The van der Waals surface area contributed by atoms with E-state index in [9.17, 15) is 9.59 Å². The molecule has 1 fully saturated rings. The number of anilines is 2. The summed E-state index contributed by atoms with van der Waals surface area (Å²) in [6, 6.07) is 11.4. The number of nitrogens with zero attached hydrogens (tertiary/aromatic N) is 2. The number of benzene rings is 2. The Balaban J connectivity index is 1.43. The predicted octanol–water partition coefficient (Wildman–Crippen LogP) is 3.46. The number of amides is 2. The van der Waals surface area contributed by atoms with Gasteiger partial charge in [-0.2, -0.15) is 0 Å². The van der Waals surface area contributed by atoms with Gasteiger partial charge in [0.2, 0.25) is 11.8 Å². The van der Waals surface area contributed by atoms with Crippen LogP contribution in [0, 0.1) is 20.8 Å². The number of hydrogen-bond donors (Lipinski definition) is 2. The van der Waals surface area contributed by atoms with Crippen molar-refractivity contribution in [1.29, 1.82) is 0 Å². The Morgan fingerprint density at radius 1 is 0.833 bits per heavy atom. The Hall–Kier alpha value is -2.41. The minimum atomic E-state index is -0.0542. The third kappa shape index (κ3) is 6.05. The molecule has 0 aliphatic carbocycles. The van der Waals surface area contributed by atoms with Crippen LogP contribution < -0.4 is 10.6 Å². The molecule has 7 heteroatoms. The molecule has 160 valence electrons. The fourth-order valence-corrected chi connectivity index (χ4v) is 3.68. The van der Waals surface area contributed by atoms with Crippen LogP contribution in [0.15, 0.2) is 36.4 Å². The van der Waals surface area contributed by atoms with Crippen LogP contribution in [-0.4, -0.2) is 60.9 Å². The van der Waals surface area contributed by atoms with Gasteiger partial charge in [0, 0.05) is 42.6 Å². The monoisotopic (exact) mass is 428 g/mol. The largest absolute Gasteiger partial charge is 0.325 e. The molecule has 1 aliphatic rings. The summed E-state index contributed by atoms with van der Waals surface area (Å²) in [5.74, 6) is -0.0622. The molecule has 0 saturated carbocycles. The van der Waals surface area contributed by atoms with E-state index in [1.165, 1.54) is 0 Å². The number of hydrogen-bond acceptors (Lipinski definition) is 4. The van der Waals surface area contributed by atoms with Crippen molar-refractivity contribution >= 4 is 34.8 Å².